The molecule has 39 heavy (non-hydrogen) atoms. The molecule has 12 heteroatoms. The molecule has 1 saturated heterocycles. The van der Waals surface area contributed by atoms with Crippen LogP contribution in [0.1, 0.15) is 5.56 Å². The number of halogens is 1. The molecule has 5 amide bonds. The van der Waals surface area contributed by atoms with Gasteiger partial charge in [0.25, 0.3) is 17.7 Å². The predicted molar refractivity (Wildman–Crippen MR) is 143 cm³/mol. The van der Waals surface area contributed by atoms with E-state index < -0.39 is 17.8 Å². The van der Waals surface area contributed by atoms with Gasteiger partial charge in [-0.3, -0.25) is 19.7 Å². The van der Waals surface area contributed by atoms with Crippen LogP contribution in [0.5, 0.6) is 23.0 Å². The van der Waals surface area contributed by atoms with Gasteiger partial charge in [-0.1, -0.05) is 18.2 Å². The number of para-hydroxylation sites is 1. The number of rotatable bonds is 7. The average molecular weight is 594 g/mol. The number of benzene rings is 3. The topological polar surface area (TPSA) is 133 Å². The Morgan fingerprint density at radius 1 is 1.08 bits per heavy atom. The number of imide groups is 2. The minimum Gasteiger partial charge on any atom is -0.493 e. The minimum atomic E-state index is -0.891. The number of anilines is 2. The van der Waals surface area contributed by atoms with Crippen molar-refractivity contribution in [3.05, 3.63) is 76.3 Å². The third-order valence-electron chi connectivity index (χ3n) is 5.68. The van der Waals surface area contributed by atoms with Crippen molar-refractivity contribution in [1.82, 2.24) is 5.32 Å². The standard InChI is InChI=1S/C27H20BrN3O8/c1-36-22-11-15(10-19(28)24(22)37-13-23(32)29-16-5-3-2-4-6-16)9-18-25(33)30-27(35)31(26(18)34)17-7-8-20-21(12-17)39-14-38-20/h2-12H,13-14H2,1H3,(H,29,32)(H,30,33,35)/b18-9+. The van der Waals surface area contributed by atoms with Crippen LogP contribution in [0.4, 0.5) is 16.2 Å². The van der Waals surface area contributed by atoms with Crippen molar-refractivity contribution in [2.75, 3.05) is 30.7 Å². The maximum Gasteiger partial charge on any atom is 0.335 e. The summed E-state index contributed by atoms with van der Waals surface area (Å²) in [5.41, 5.74) is 0.953. The molecule has 2 heterocycles. The molecular formula is C27H20BrN3O8. The lowest BCUT2D eigenvalue weighted by Gasteiger charge is -2.26. The number of amides is 5. The third-order valence-corrected chi connectivity index (χ3v) is 6.27. The zero-order valence-corrected chi connectivity index (χ0v) is 21.9. The normalized spacial score (nSPS) is 15.3. The summed E-state index contributed by atoms with van der Waals surface area (Å²) < 4.78 is 22.1. The molecule has 11 nitrogen and oxygen atoms in total. The lowest BCUT2D eigenvalue weighted by Crippen LogP contribution is -2.54. The largest absolute Gasteiger partial charge is 0.493 e. The third kappa shape index (κ3) is 5.41. The van der Waals surface area contributed by atoms with Gasteiger partial charge in [-0.05, 0) is 64.0 Å². The van der Waals surface area contributed by atoms with Crippen LogP contribution in [-0.2, 0) is 14.4 Å². The van der Waals surface area contributed by atoms with Crippen LogP contribution in [0.25, 0.3) is 6.08 Å². The van der Waals surface area contributed by atoms with Gasteiger partial charge in [0.1, 0.15) is 5.57 Å². The second kappa shape index (κ2) is 10.9. The summed E-state index contributed by atoms with van der Waals surface area (Å²) in [7, 11) is 1.41. The van der Waals surface area contributed by atoms with Gasteiger partial charge < -0.3 is 24.3 Å². The fourth-order valence-corrected chi connectivity index (χ4v) is 4.48. The number of nitrogens with zero attached hydrogens (tertiary/aromatic N) is 1. The van der Waals surface area contributed by atoms with E-state index in [1.807, 2.05) is 6.07 Å². The first-order chi connectivity index (χ1) is 18.8. The summed E-state index contributed by atoms with van der Waals surface area (Å²) in [6, 6.07) is 15.7. The van der Waals surface area contributed by atoms with E-state index in [-0.39, 0.29) is 42.1 Å². The number of hydrogen-bond acceptors (Lipinski definition) is 8. The van der Waals surface area contributed by atoms with E-state index in [0.29, 0.717) is 27.2 Å². The maximum atomic E-state index is 13.3. The molecule has 0 atom stereocenters. The Bertz CT molecular complexity index is 1520. The number of fused-ring (bicyclic) bond motifs is 1. The van der Waals surface area contributed by atoms with Gasteiger partial charge in [0, 0.05) is 11.8 Å². The highest BCUT2D eigenvalue weighted by atomic mass is 79.9. The van der Waals surface area contributed by atoms with Gasteiger partial charge >= 0.3 is 6.03 Å². The van der Waals surface area contributed by atoms with Crippen molar-refractivity contribution in [3.8, 4) is 23.0 Å². The molecule has 0 radical (unpaired) electrons. The van der Waals surface area contributed by atoms with Crippen LogP contribution in [0.2, 0.25) is 0 Å². The number of hydrogen-bond donors (Lipinski definition) is 2. The number of carbonyl (C=O) groups excluding carboxylic acids is 4. The summed E-state index contributed by atoms with van der Waals surface area (Å²) in [5, 5.41) is 4.90. The lowest BCUT2D eigenvalue weighted by molar-refractivity contribution is -0.122. The first kappa shape index (κ1) is 25.8. The molecule has 0 saturated carbocycles. The summed E-state index contributed by atoms with van der Waals surface area (Å²) in [4.78, 5) is 51.6. The fraction of sp³-hybridized carbons (Fsp3) is 0.111. The minimum absolute atomic E-state index is 0.0245. The molecule has 1 fully saturated rings. The Kier molecular flexibility index (Phi) is 7.19. The molecule has 0 aromatic heterocycles. The van der Waals surface area contributed by atoms with Crippen molar-refractivity contribution in [1.29, 1.82) is 0 Å². The van der Waals surface area contributed by atoms with Crippen LogP contribution < -0.4 is 34.5 Å². The van der Waals surface area contributed by atoms with Crippen LogP contribution in [0.3, 0.4) is 0 Å². The molecule has 0 spiro atoms. The van der Waals surface area contributed by atoms with Crippen molar-refractivity contribution >= 4 is 57.1 Å². The van der Waals surface area contributed by atoms with Crippen molar-refractivity contribution < 1.29 is 38.1 Å². The quantitative estimate of drug-likeness (QED) is 0.311. The second-order valence-corrected chi connectivity index (χ2v) is 9.09. The van der Waals surface area contributed by atoms with E-state index in [1.54, 1.807) is 36.4 Å². The van der Waals surface area contributed by atoms with E-state index in [9.17, 15) is 19.2 Å². The summed E-state index contributed by atoms with van der Waals surface area (Å²) in [5.74, 6) is -0.704. The molecular weight excluding hydrogens is 574 g/mol. The van der Waals surface area contributed by atoms with Crippen molar-refractivity contribution in [3.63, 3.8) is 0 Å². The highest BCUT2D eigenvalue weighted by Gasteiger charge is 2.37. The zero-order chi connectivity index (χ0) is 27.5. The SMILES string of the molecule is COc1cc(/C=C2\C(=O)NC(=O)N(c3ccc4c(c3)OCO4)C2=O)cc(Br)c1OCC(=O)Nc1ccccc1. The molecule has 198 valence electrons. The zero-order valence-electron chi connectivity index (χ0n) is 20.4. The summed E-state index contributed by atoms with van der Waals surface area (Å²) >= 11 is 3.40. The van der Waals surface area contributed by atoms with Crippen molar-refractivity contribution in [2.24, 2.45) is 0 Å². The number of nitrogens with one attached hydrogen (secondary N) is 2. The number of ether oxygens (including phenoxy) is 4. The number of urea groups is 1. The lowest BCUT2D eigenvalue weighted by atomic mass is 10.1. The van der Waals surface area contributed by atoms with Gasteiger partial charge in [0.05, 0.1) is 17.3 Å². The van der Waals surface area contributed by atoms with Crippen molar-refractivity contribution in [2.45, 2.75) is 0 Å². The highest BCUT2D eigenvalue weighted by molar-refractivity contribution is 9.10. The van der Waals surface area contributed by atoms with Crippen LogP contribution in [0, 0.1) is 0 Å². The second-order valence-electron chi connectivity index (χ2n) is 8.23. The van der Waals surface area contributed by atoms with Crippen LogP contribution in [-0.4, -0.2) is 44.3 Å². The molecule has 0 unspecified atom stereocenters. The van der Waals surface area contributed by atoms with Crippen LogP contribution >= 0.6 is 15.9 Å². The fourth-order valence-electron chi connectivity index (χ4n) is 3.90. The molecule has 0 aliphatic carbocycles. The molecule has 5 rings (SSSR count). The monoisotopic (exact) mass is 593 g/mol. The molecule has 0 bridgehead atoms. The van der Waals surface area contributed by atoms with Gasteiger partial charge in [0.15, 0.2) is 29.6 Å². The van der Waals surface area contributed by atoms with Gasteiger partial charge in [-0.2, -0.15) is 0 Å². The molecule has 2 aliphatic rings. The Balaban J connectivity index is 1.37. The predicted octanol–water partition coefficient (Wildman–Crippen LogP) is 3.87. The van der Waals surface area contributed by atoms with Gasteiger partial charge in [-0.15, -0.1) is 0 Å². The van der Waals surface area contributed by atoms with Crippen LogP contribution in [0.15, 0.2) is 70.7 Å². The molecule has 3 aromatic rings. The molecule has 2 N–H and O–H groups in total. The first-order valence-corrected chi connectivity index (χ1v) is 12.3. The van der Waals surface area contributed by atoms with E-state index in [0.717, 1.165) is 4.90 Å². The number of methoxy groups -OCH3 is 1. The summed E-state index contributed by atoms with van der Waals surface area (Å²) in [6.07, 6.45) is 1.32. The smallest absolute Gasteiger partial charge is 0.335 e. The van der Waals surface area contributed by atoms with Gasteiger partial charge in [0.2, 0.25) is 6.79 Å². The average Bonchev–Trinajstić information content (AvgIpc) is 3.39. The Hall–Kier alpha value is -4.84. The Morgan fingerprint density at radius 2 is 1.85 bits per heavy atom. The van der Waals surface area contributed by atoms with E-state index >= 15 is 0 Å². The Labute approximate surface area is 230 Å². The summed E-state index contributed by atoms with van der Waals surface area (Å²) in [6.45, 7) is -0.269. The molecule has 2 aliphatic heterocycles. The number of barbiturate groups is 1. The van der Waals surface area contributed by atoms with E-state index in [2.05, 4.69) is 26.6 Å². The highest BCUT2D eigenvalue weighted by Crippen LogP contribution is 2.38. The molecule has 3 aromatic carbocycles. The maximum absolute atomic E-state index is 13.3. The Morgan fingerprint density at radius 3 is 2.62 bits per heavy atom. The van der Waals surface area contributed by atoms with E-state index in [4.69, 9.17) is 18.9 Å². The number of carbonyl (C=O) groups is 4. The first-order valence-electron chi connectivity index (χ1n) is 11.5. The van der Waals surface area contributed by atoms with Gasteiger partial charge in [-0.25, -0.2) is 9.69 Å². The van der Waals surface area contributed by atoms with E-state index in [1.165, 1.54) is 31.4 Å².